The molecule has 0 saturated heterocycles. The topological polar surface area (TPSA) is 81.4 Å². The molecule has 0 spiro atoms. The molecule has 25 heavy (non-hydrogen) atoms. The van der Waals surface area contributed by atoms with Crippen molar-refractivity contribution in [2.75, 3.05) is 6.61 Å². The molecule has 0 aromatic carbocycles. The van der Waals surface area contributed by atoms with Gasteiger partial charge in [-0.3, -0.25) is 4.79 Å². The van der Waals surface area contributed by atoms with Gasteiger partial charge in [-0.25, -0.2) is 14.5 Å². The Morgan fingerprint density at radius 2 is 2.12 bits per heavy atom. The number of hydrogen-bond donors (Lipinski definition) is 1. The summed E-state index contributed by atoms with van der Waals surface area (Å²) in [7, 11) is 0. The summed E-state index contributed by atoms with van der Waals surface area (Å²) >= 11 is 6.06. The van der Waals surface area contributed by atoms with Gasteiger partial charge in [-0.05, 0) is 31.5 Å². The number of nitrogens with zero attached hydrogens (tertiary/aromatic N) is 4. The van der Waals surface area contributed by atoms with Crippen LogP contribution in [0.15, 0.2) is 42.9 Å². The number of carbonyl (C=O) groups excluding carboxylic acids is 1. The lowest BCUT2D eigenvalue weighted by Crippen LogP contribution is -2.50. The summed E-state index contributed by atoms with van der Waals surface area (Å²) in [6.07, 6.45) is 5.45. The number of nitrogens with one attached hydrogen (secondary N) is 1. The molecule has 1 amide bonds. The lowest BCUT2D eigenvalue weighted by atomic mass is 10.00. The molecule has 3 heterocycles. The summed E-state index contributed by atoms with van der Waals surface area (Å²) < 4.78 is 7.21. The average Bonchev–Trinajstić information content (AvgIpc) is 3.09. The van der Waals surface area contributed by atoms with E-state index in [4.69, 9.17) is 16.3 Å². The number of ether oxygens (including phenoxy) is 1. The molecule has 1 unspecified atom stereocenters. The zero-order valence-electron chi connectivity index (χ0n) is 13.9. The van der Waals surface area contributed by atoms with Gasteiger partial charge in [-0.15, -0.1) is 0 Å². The van der Waals surface area contributed by atoms with E-state index in [0.29, 0.717) is 28.7 Å². The van der Waals surface area contributed by atoms with Gasteiger partial charge in [0.1, 0.15) is 17.3 Å². The Bertz CT molecular complexity index is 897. The van der Waals surface area contributed by atoms with E-state index in [1.807, 2.05) is 13.8 Å². The Hall–Kier alpha value is -2.67. The molecular weight excluding hydrogens is 342 g/mol. The van der Waals surface area contributed by atoms with Crippen LogP contribution in [-0.4, -0.2) is 37.6 Å². The van der Waals surface area contributed by atoms with Crippen LogP contribution in [-0.2, 0) is 0 Å². The van der Waals surface area contributed by atoms with E-state index in [1.165, 1.54) is 4.52 Å². The lowest BCUT2D eigenvalue weighted by Gasteiger charge is -2.29. The van der Waals surface area contributed by atoms with Crippen LogP contribution in [0, 0.1) is 0 Å². The maximum absolute atomic E-state index is 12.7. The minimum atomic E-state index is -0.597. The summed E-state index contributed by atoms with van der Waals surface area (Å²) in [6, 6.07) is 6.80. The Morgan fingerprint density at radius 3 is 2.88 bits per heavy atom. The van der Waals surface area contributed by atoms with E-state index in [2.05, 4.69) is 20.4 Å². The fourth-order valence-electron chi connectivity index (χ4n) is 2.28. The van der Waals surface area contributed by atoms with Crippen LogP contribution in [0.1, 0.15) is 30.8 Å². The highest BCUT2D eigenvalue weighted by atomic mass is 35.5. The SMILES string of the molecule is CCC(C)(COc1ncccc1Cl)NC(=O)c1ccnc2ccnn12. The third kappa shape index (κ3) is 3.71. The first-order valence-corrected chi connectivity index (χ1v) is 8.25. The number of rotatable bonds is 6. The van der Waals surface area contributed by atoms with Crippen molar-refractivity contribution in [3.05, 3.63) is 53.6 Å². The lowest BCUT2D eigenvalue weighted by molar-refractivity contribution is 0.0852. The Morgan fingerprint density at radius 1 is 1.28 bits per heavy atom. The van der Waals surface area contributed by atoms with Crippen molar-refractivity contribution < 1.29 is 9.53 Å². The van der Waals surface area contributed by atoms with E-state index >= 15 is 0 Å². The largest absolute Gasteiger partial charge is 0.474 e. The average molecular weight is 360 g/mol. The van der Waals surface area contributed by atoms with Crippen molar-refractivity contribution in [3.8, 4) is 5.88 Å². The molecule has 0 saturated carbocycles. The molecule has 0 aliphatic heterocycles. The van der Waals surface area contributed by atoms with E-state index < -0.39 is 5.54 Å². The molecule has 3 rings (SSSR count). The molecule has 1 N–H and O–H groups in total. The Labute approximate surface area is 150 Å². The van der Waals surface area contributed by atoms with Gasteiger partial charge in [0.05, 0.1) is 11.7 Å². The molecule has 0 aliphatic rings. The molecule has 3 aromatic heterocycles. The minimum Gasteiger partial charge on any atom is -0.474 e. The number of hydrogen-bond acceptors (Lipinski definition) is 5. The van der Waals surface area contributed by atoms with Crippen molar-refractivity contribution in [2.45, 2.75) is 25.8 Å². The highest BCUT2D eigenvalue weighted by molar-refractivity contribution is 6.31. The molecule has 0 aliphatic carbocycles. The van der Waals surface area contributed by atoms with Crippen LogP contribution in [0.5, 0.6) is 5.88 Å². The van der Waals surface area contributed by atoms with Crippen molar-refractivity contribution in [2.24, 2.45) is 0 Å². The van der Waals surface area contributed by atoms with Gasteiger partial charge in [0.15, 0.2) is 5.65 Å². The standard InChI is InChI=1S/C17H18ClN5O2/c1-3-17(2,11-25-16-12(18)5-4-8-20-16)22-15(24)13-6-9-19-14-7-10-21-23(13)14/h4-10H,3,11H2,1-2H3,(H,22,24). The zero-order chi connectivity index (χ0) is 17.9. The molecule has 8 heteroatoms. The number of pyridine rings is 1. The van der Waals surface area contributed by atoms with Crippen molar-refractivity contribution in [1.29, 1.82) is 0 Å². The predicted octanol–water partition coefficient (Wildman–Crippen LogP) is 2.76. The highest BCUT2D eigenvalue weighted by Gasteiger charge is 2.27. The van der Waals surface area contributed by atoms with Gasteiger partial charge in [-0.1, -0.05) is 18.5 Å². The predicted molar refractivity (Wildman–Crippen MR) is 93.9 cm³/mol. The molecule has 0 bridgehead atoms. The molecule has 7 nitrogen and oxygen atoms in total. The van der Waals surface area contributed by atoms with Crippen molar-refractivity contribution in [3.63, 3.8) is 0 Å². The summed E-state index contributed by atoms with van der Waals surface area (Å²) in [5.41, 5.74) is 0.425. The maximum Gasteiger partial charge on any atom is 0.270 e. The van der Waals surface area contributed by atoms with Gasteiger partial charge in [-0.2, -0.15) is 5.10 Å². The van der Waals surface area contributed by atoms with Crippen LogP contribution in [0.3, 0.4) is 0 Å². The fraction of sp³-hybridized carbons (Fsp3) is 0.294. The molecule has 1 atom stereocenters. The Kier molecular flexibility index (Phi) is 4.85. The number of amides is 1. The van der Waals surface area contributed by atoms with Gasteiger partial charge in [0.2, 0.25) is 5.88 Å². The monoisotopic (exact) mass is 359 g/mol. The fourth-order valence-corrected chi connectivity index (χ4v) is 2.45. The van der Waals surface area contributed by atoms with Gasteiger partial charge < -0.3 is 10.1 Å². The van der Waals surface area contributed by atoms with E-state index in [0.717, 1.165) is 0 Å². The maximum atomic E-state index is 12.7. The molecule has 0 radical (unpaired) electrons. The number of fused-ring (bicyclic) bond motifs is 1. The van der Waals surface area contributed by atoms with Crippen LogP contribution in [0.2, 0.25) is 5.02 Å². The quantitative estimate of drug-likeness (QED) is 0.731. The van der Waals surface area contributed by atoms with Crippen LogP contribution in [0.4, 0.5) is 0 Å². The Balaban J connectivity index is 1.75. The summed E-state index contributed by atoms with van der Waals surface area (Å²) in [4.78, 5) is 21.0. The van der Waals surface area contributed by atoms with Gasteiger partial charge >= 0.3 is 0 Å². The second-order valence-corrected chi connectivity index (χ2v) is 6.29. The summed E-state index contributed by atoms with van der Waals surface area (Å²) in [6.45, 7) is 4.11. The second-order valence-electron chi connectivity index (χ2n) is 5.88. The van der Waals surface area contributed by atoms with Crippen molar-refractivity contribution in [1.82, 2.24) is 24.9 Å². The smallest absolute Gasteiger partial charge is 0.270 e. The van der Waals surface area contributed by atoms with Gasteiger partial charge in [0, 0.05) is 18.5 Å². The summed E-state index contributed by atoms with van der Waals surface area (Å²) in [5.74, 6) is 0.0904. The minimum absolute atomic E-state index is 0.235. The first-order valence-electron chi connectivity index (χ1n) is 7.87. The number of carbonyl (C=O) groups is 1. The first-order chi connectivity index (χ1) is 12.0. The highest BCUT2D eigenvalue weighted by Crippen LogP contribution is 2.22. The number of halogens is 1. The molecule has 0 fully saturated rings. The van der Waals surface area contributed by atoms with Crippen LogP contribution in [0.25, 0.3) is 5.65 Å². The van der Waals surface area contributed by atoms with E-state index in [1.54, 1.807) is 42.9 Å². The van der Waals surface area contributed by atoms with E-state index in [9.17, 15) is 4.79 Å². The molecule has 3 aromatic rings. The second kappa shape index (κ2) is 7.06. The van der Waals surface area contributed by atoms with Crippen LogP contribution < -0.4 is 10.1 Å². The van der Waals surface area contributed by atoms with Crippen LogP contribution >= 0.6 is 11.6 Å². The molecular formula is C17H18ClN5O2. The normalized spacial score (nSPS) is 13.4. The van der Waals surface area contributed by atoms with Gasteiger partial charge in [0.25, 0.3) is 5.91 Å². The first kappa shape index (κ1) is 17.2. The zero-order valence-corrected chi connectivity index (χ0v) is 14.7. The number of aromatic nitrogens is 4. The van der Waals surface area contributed by atoms with E-state index in [-0.39, 0.29) is 12.5 Å². The summed E-state index contributed by atoms with van der Waals surface area (Å²) in [5, 5.41) is 7.57. The third-order valence-corrected chi connectivity index (χ3v) is 4.26. The third-order valence-electron chi connectivity index (χ3n) is 3.97. The van der Waals surface area contributed by atoms with Crippen molar-refractivity contribution >= 4 is 23.2 Å². The molecule has 130 valence electrons.